The van der Waals surface area contributed by atoms with Crippen LogP contribution in [-0.2, 0) is 20.9 Å². The maximum absolute atomic E-state index is 12.3. The molecule has 2 aromatic rings. The van der Waals surface area contributed by atoms with Crippen LogP contribution >= 0.6 is 0 Å². The van der Waals surface area contributed by atoms with Crippen LogP contribution in [0.2, 0.25) is 0 Å². The lowest BCUT2D eigenvalue weighted by molar-refractivity contribution is -0.147. The number of aromatic nitrogens is 2. The Labute approximate surface area is 139 Å². The van der Waals surface area contributed by atoms with E-state index >= 15 is 0 Å². The van der Waals surface area contributed by atoms with E-state index in [-0.39, 0.29) is 49.5 Å². The summed E-state index contributed by atoms with van der Waals surface area (Å²) in [6.45, 7) is 3.99. The third kappa shape index (κ3) is 4.91. The van der Waals surface area contributed by atoms with Gasteiger partial charge in [0.2, 0.25) is 5.91 Å². The molecule has 0 saturated carbocycles. The lowest BCUT2D eigenvalue weighted by Crippen LogP contribution is -2.29. The summed E-state index contributed by atoms with van der Waals surface area (Å²) in [5.74, 6) is -0.576. The molecule has 0 radical (unpaired) electrons. The molecular formula is C17H21N3O4. The van der Waals surface area contributed by atoms with E-state index in [0.29, 0.717) is 10.9 Å². The van der Waals surface area contributed by atoms with Crippen LogP contribution < -0.4 is 10.9 Å². The fraction of sp³-hybridized carbons (Fsp3) is 0.412. The number of amides is 1. The van der Waals surface area contributed by atoms with E-state index in [1.54, 1.807) is 32.0 Å². The lowest BCUT2D eigenvalue weighted by atomic mass is 10.2. The van der Waals surface area contributed by atoms with Gasteiger partial charge in [0.05, 0.1) is 29.8 Å². The number of hydrogen-bond acceptors (Lipinski definition) is 5. The second-order valence-electron chi connectivity index (χ2n) is 5.65. The molecule has 0 fully saturated rings. The molecule has 0 atom stereocenters. The number of rotatable bonds is 7. The smallest absolute Gasteiger partial charge is 0.307 e. The van der Waals surface area contributed by atoms with Crippen molar-refractivity contribution in [2.75, 3.05) is 6.54 Å². The maximum atomic E-state index is 12.3. The van der Waals surface area contributed by atoms with Crippen molar-refractivity contribution in [3.63, 3.8) is 0 Å². The number of carbonyl (C=O) groups is 2. The molecule has 1 N–H and O–H groups in total. The number of fused-ring (bicyclic) bond motifs is 1. The molecule has 7 nitrogen and oxygen atoms in total. The minimum absolute atomic E-state index is 0.126. The van der Waals surface area contributed by atoms with Gasteiger partial charge in [-0.05, 0) is 26.0 Å². The SMILES string of the molecule is CC(C)OC(=O)CCNC(=O)CCn1cnc2ccccc2c1=O. The van der Waals surface area contributed by atoms with E-state index in [9.17, 15) is 14.4 Å². The largest absolute Gasteiger partial charge is 0.463 e. The van der Waals surface area contributed by atoms with Crippen LogP contribution in [0.5, 0.6) is 0 Å². The van der Waals surface area contributed by atoms with E-state index in [1.165, 1.54) is 10.9 Å². The first kappa shape index (κ1) is 17.7. The van der Waals surface area contributed by atoms with E-state index in [1.807, 2.05) is 6.07 Å². The van der Waals surface area contributed by atoms with Gasteiger partial charge in [0.1, 0.15) is 0 Å². The van der Waals surface area contributed by atoms with Gasteiger partial charge < -0.3 is 10.1 Å². The average Bonchev–Trinajstić information content (AvgIpc) is 2.54. The molecule has 0 unspecified atom stereocenters. The number of benzene rings is 1. The number of aryl methyl sites for hydroxylation is 1. The minimum Gasteiger partial charge on any atom is -0.463 e. The number of esters is 1. The molecule has 0 saturated heterocycles. The molecule has 1 heterocycles. The number of hydrogen-bond donors (Lipinski definition) is 1. The highest BCUT2D eigenvalue weighted by Crippen LogP contribution is 2.04. The molecule has 0 aliphatic rings. The van der Waals surface area contributed by atoms with Crippen LogP contribution in [0.25, 0.3) is 10.9 Å². The van der Waals surface area contributed by atoms with Crippen LogP contribution in [0.15, 0.2) is 35.4 Å². The van der Waals surface area contributed by atoms with Crippen molar-refractivity contribution in [2.45, 2.75) is 39.3 Å². The molecule has 0 spiro atoms. The lowest BCUT2D eigenvalue weighted by Gasteiger charge is -2.09. The molecule has 1 aromatic carbocycles. The van der Waals surface area contributed by atoms with Crippen LogP contribution in [0.1, 0.15) is 26.7 Å². The molecule has 1 aromatic heterocycles. The van der Waals surface area contributed by atoms with Crippen molar-refractivity contribution in [3.8, 4) is 0 Å². The molecule has 0 aliphatic carbocycles. The van der Waals surface area contributed by atoms with Gasteiger partial charge in [-0.15, -0.1) is 0 Å². The fourth-order valence-corrected chi connectivity index (χ4v) is 2.20. The van der Waals surface area contributed by atoms with Crippen LogP contribution in [0, 0.1) is 0 Å². The molecule has 1 amide bonds. The predicted molar refractivity (Wildman–Crippen MR) is 89.5 cm³/mol. The van der Waals surface area contributed by atoms with E-state index in [4.69, 9.17) is 4.74 Å². The fourth-order valence-electron chi connectivity index (χ4n) is 2.20. The summed E-state index contributed by atoms with van der Waals surface area (Å²) in [7, 11) is 0. The Morgan fingerprint density at radius 1 is 1.25 bits per heavy atom. The quantitative estimate of drug-likeness (QED) is 0.771. The van der Waals surface area contributed by atoms with Crippen LogP contribution in [0.4, 0.5) is 0 Å². The van der Waals surface area contributed by atoms with Crippen molar-refractivity contribution in [1.82, 2.24) is 14.9 Å². The minimum atomic E-state index is -0.347. The maximum Gasteiger partial charge on any atom is 0.307 e. The number of nitrogens with zero attached hydrogens (tertiary/aromatic N) is 2. The second-order valence-corrected chi connectivity index (χ2v) is 5.65. The molecule has 0 bridgehead atoms. The Balaban J connectivity index is 1.83. The zero-order valence-corrected chi connectivity index (χ0v) is 13.8. The van der Waals surface area contributed by atoms with Crippen LogP contribution in [-0.4, -0.2) is 34.1 Å². The van der Waals surface area contributed by atoms with Crippen molar-refractivity contribution in [2.24, 2.45) is 0 Å². The van der Waals surface area contributed by atoms with Crippen molar-refractivity contribution in [3.05, 3.63) is 40.9 Å². The second kappa shape index (κ2) is 8.24. The number of ether oxygens (including phenoxy) is 1. The first-order valence-corrected chi connectivity index (χ1v) is 7.87. The molecule has 7 heteroatoms. The average molecular weight is 331 g/mol. The summed E-state index contributed by atoms with van der Waals surface area (Å²) < 4.78 is 6.39. The summed E-state index contributed by atoms with van der Waals surface area (Å²) in [5, 5.41) is 3.16. The van der Waals surface area contributed by atoms with Gasteiger partial charge in [-0.3, -0.25) is 19.0 Å². The molecular weight excluding hydrogens is 310 g/mol. The van der Waals surface area contributed by atoms with Gasteiger partial charge in [0.15, 0.2) is 0 Å². The Hall–Kier alpha value is -2.70. The Kier molecular flexibility index (Phi) is 6.06. The molecule has 2 rings (SSSR count). The van der Waals surface area contributed by atoms with Crippen molar-refractivity contribution >= 4 is 22.8 Å². The highest BCUT2D eigenvalue weighted by molar-refractivity contribution is 5.78. The predicted octanol–water partition coefficient (Wildman–Crippen LogP) is 1.24. The number of para-hydroxylation sites is 1. The summed E-state index contributed by atoms with van der Waals surface area (Å²) in [6, 6.07) is 7.07. The molecule has 24 heavy (non-hydrogen) atoms. The highest BCUT2D eigenvalue weighted by atomic mass is 16.5. The number of carbonyl (C=O) groups excluding carboxylic acids is 2. The summed E-state index contributed by atoms with van der Waals surface area (Å²) >= 11 is 0. The van der Waals surface area contributed by atoms with E-state index in [0.717, 1.165) is 0 Å². The normalized spacial score (nSPS) is 10.8. The van der Waals surface area contributed by atoms with Crippen molar-refractivity contribution in [1.29, 1.82) is 0 Å². The Bertz CT molecular complexity index is 783. The summed E-state index contributed by atoms with van der Waals surface area (Å²) in [6.07, 6.45) is 1.54. The van der Waals surface area contributed by atoms with Crippen molar-refractivity contribution < 1.29 is 14.3 Å². The van der Waals surface area contributed by atoms with Crippen LogP contribution in [0.3, 0.4) is 0 Å². The van der Waals surface area contributed by atoms with Gasteiger partial charge in [0.25, 0.3) is 5.56 Å². The van der Waals surface area contributed by atoms with Gasteiger partial charge in [0, 0.05) is 19.5 Å². The molecule has 0 aliphatic heterocycles. The molecule has 128 valence electrons. The highest BCUT2D eigenvalue weighted by Gasteiger charge is 2.08. The standard InChI is InChI=1S/C17H21N3O4/c1-12(2)24-16(22)7-9-18-15(21)8-10-20-11-19-14-6-4-3-5-13(14)17(20)23/h3-6,11-12H,7-10H2,1-2H3,(H,18,21). The topological polar surface area (TPSA) is 90.3 Å². The van der Waals surface area contributed by atoms with Gasteiger partial charge >= 0.3 is 5.97 Å². The number of nitrogens with one attached hydrogen (secondary N) is 1. The first-order valence-electron chi connectivity index (χ1n) is 7.87. The zero-order chi connectivity index (χ0) is 17.5. The van der Waals surface area contributed by atoms with Gasteiger partial charge in [-0.25, -0.2) is 4.98 Å². The first-order chi connectivity index (χ1) is 11.5. The van der Waals surface area contributed by atoms with E-state index in [2.05, 4.69) is 10.3 Å². The van der Waals surface area contributed by atoms with Gasteiger partial charge in [-0.1, -0.05) is 12.1 Å². The van der Waals surface area contributed by atoms with Gasteiger partial charge in [-0.2, -0.15) is 0 Å². The Morgan fingerprint density at radius 3 is 2.75 bits per heavy atom. The third-order valence-electron chi connectivity index (χ3n) is 3.33. The van der Waals surface area contributed by atoms with E-state index < -0.39 is 0 Å². The summed E-state index contributed by atoms with van der Waals surface area (Å²) in [5.41, 5.74) is 0.459. The Morgan fingerprint density at radius 2 is 2.00 bits per heavy atom. The zero-order valence-electron chi connectivity index (χ0n) is 13.8. The third-order valence-corrected chi connectivity index (χ3v) is 3.33. The summed E-state index contributed by atoms with van der Waals surface area (Å²) in [4.78, 5) is 39.6. The monoisotopic (exact) mass is 331 g/mol.